The molecule has 15 heavy (non-hydrogen) atoms. The first-order valence-electron chi connectivity index (χ1n) is 4.79. The lowest BCUT2D eigenvalue weighted by atomic mass is 10.1. The van der Waals surface area contributed by atoms with Crippen molar-refractivity contribution in [3.8, 4) is 0 Å². The van der Waals surface area contributed by atoms with Crippen LogP contribution in [0.1, 0.15) is 11.1 Å². The highest BCUT2D eigenvalue weighted by Crippen LogP contribution is 2.31. The number of benzene rings is 1. The Morgan fingerprint density at radius 3 is 2.87 bits per heavy atom. The third-order valence-corrected chi connectivity index (χ3v) is 4.03. The fraction of sp³-hybridized carbons (Fsp3) is 0.273. The third-order valence-electron chi connectivity index (χ3n) is 2.61. The predicted molar refractivity (Wildman–Crippen MR) is 61.3 cm³/mol. The van der Waals surface area contributed by atoms with Crippen molar-refractivity contribution in [1.29, 1.82) is 0 Å². The SMILES string of the molecule is C=CS(=O)(=O)N1CCc2ccc(C)cc21. The molecule has 80 valence electrons. The van der Waals surface area contributed by atoms with Crippen LogP contribution in [0.2, 0.25) is 0 Å². The van der Waals surface area contributed by atoms with E-state index in [0.29, 0.717) is 6.54 Å². The van der Waals surface area contributed by atoms with Crippen molar-refractivity contribution in [1.82, 2.24) is 0 Å². The van der Waals surface area contributed by atoms with Gasteiger partial charge in [-0.1, -0.05) is 18.7 Å². The van der Waals surface area contributed by atoms with E-state index in [2.05, 4.69) is 6.58 Å². The lowest BCUT2D eigenvalue weighted by Crippen LogP contribution is -2.26. The van der Waals surface area contributed by atoms with Gasteiger partial charge in [-0.05, 0) is 30.5 Å². The van der Waals surface area contributed by atoms with Gasteiger partial charge in [0, 0.05) is 12.0 Å². The van der Waals surface area contributed by atoms with E-state index in [1.807, 2.05) is 25.1 Å². The van der Waals surface area contributed by atoms with Gasteiger partial charge >= 0.3 is 0 Å². The first-order chi connectivity index (χ1) is 7.04. The summed E-state index contributed by atoms with van der Waals surface area (Å²) in [6.07, 6.45) is 0.780. The van der Waals surface area contributed by atoms with E-state index >= 15 is 0 Å². The molecule has 1 heterocycles. The molecule has 0 unspecified atom stereocenters. The van der Waals surface area contributed by atoms with E-state index in [-0.39, 0.29) is 0 Å². The second-order valence-electron chi connectivity index (χ2n) is 3.67. The first-order valence-corrected chi connectivity index (χ1v) is 6.29. The summed E-state index contributed by atoms with van der Waals surface area (Å²) in [5, 5.41) is 1.00. The van der Waals surface area contributed by atoms with Crippen molar-refractivity contribution in [2.24, 2.45) is 0 Å². The summed E-state index contributed by atoms with van der Waals surface area (Å²) in [5.74, 6) is 0. The van der Waals surface area contributed by atoms with Gasteiger partial charge in [0.15, 0.2) is 0 Å². The predicted octanol–water partition coefficient (Wildman–Crippen LogP) is 1.83. The van der Waals surface area contributed by atoms with Crippen LogP contribution in [0.5, 0.6) is 0 Å². The van der Waals surface area contributed by atoms with Gasteiger partial charge in [0.05, 0.1) is 5.69 Å². The second-order valence-corrected chi connectivity index (χ2v) is 5.47. The van der Waals surface area contributed by atoms with Gasteiger partial charge in [-0.3, -0.25) is 4.31 Å². The molecule has 0 atom stereocenters. The van der Waals surface area contributed by atoms with Gasteiger partial charge in [0.25, 0.3) is 10.0 Å². The fourth-order valence-electron chi connectivity index (χ4n) is 1.81. The van der Waals surface area contributed by atoms with E-state index in [1.165, 1.54) is 4.31 Å². The number of hydrogen-bond acceptors (Lipinski definition) is 2. The Morgan fingerprint density at radius 2 is 2.20 bits per heavy atom. The number of nitrogens with zero attached hydrogens (tertiary/aromatic N) is 1. The second kappa shape index (κ2) is 3.38. The summed E-state index contributed by atoms with van der Waals surface area (Å²) < 4.78 is 24.8. The van der Waals surface area contributed by atoms with Crippen LogP contribution in [0.15, 0.2) is 30.2 Å². The maximum absolute atomic E-state index is 11.7. The monoisotopic (exact) mass is 223 g/mol. The molecule has 4 heteroatoms. The van der Waals surface area contributed by atoms with Crippen LogP contribution >= 0.6 is 0 Å². The standard InChI is InChI=1S/C11H13NO2S/c1-3-15(13,14)12-7-6-10-5-4-9(2)8-11(10)12/h3-5,8H,1,6-7H2,2H3. The molecule has 1 aromatic rings. The molecule has 0 N–H and O–H groups in total. The molecule has 0 fully saturated rings. The third kappa shape index (κ3) is 1.65. The molecule has 1 aliphatic rings. The Morgan fingerprint density at radius 1 is 1.47 bits per heavy atom. The number of anilines is 1. The lowest BCUT2D eigenvalue weighted by molar-refractivity contribution is 0.601. The molecule has 0 bridgehead atoms. The minimum absolute atomic E-state index is 0.521. The summed E-state index contributed by atoms with van der Waals surface area (Å²) in [6.45, 7) is 5.82. The van der Waals surface area contributed by atoms with Crippen LogP contribution in [0.4, 0.5) is 5.69 Å². The first kappa shape index (κ1) is 10.2. The molecular weight excluding hydrogens is 210 g/mol. The minimum Gasteiger partial charge on any atom is -0.266 e. The zero-order valence-electron chi connectivity index (χ0n) is 8.60. The molecule has 3 nitrogen and oxygen atoms in total. The Bertz CT molecular complexity index is 505. The van der Waals surface area contributed by atoms with Crippen LogP contribution in [0.25, 0.3) is 0 Å². The maximum atomic E-state index is 11.7. The lowest BCUT2D eigenvalue weighted by Gasteiger charge is -2.16. The topological polar surface area (TPSA) is 37.4 Å². The van der Waals surface area contributed by atoms with Crippen LogP contribution in [0, 0.1) is 6.92 Å². The number of sulfonamides is 1. The summed E-state index contributed by atoms with van der Waals surface area (Å²) in [7, 11) is -3.33. The highest BCUT2D eigenvalue weighted by Gasteiger charge is 2.26. The van der Waals surface area contributed by atoms with E-state index in [4.69, 9.17) is 0 Å². The minimum atomic E-state index is -3.33. The Balaban J connectivity index is 2.53. The molecule has 1 aliphatic heterocycles. The Hall–Kier alpha value is -1.29. The van der Waals surface area contributed by atoms with Gasteiger partial charge in [-0.15, -0.1) is 0 Å². The summed E-state index contributed by atoms with van der Waals surface area (Å²) in [4.78, 5) is 0. The van der Waals surface area contributed by atoms with E-state index < -0.39 is 10.0 Å². The van der Waals surface area contributed by atoms with Gasteiger partial charge in [0.2, 0.25) is 0 Å². The van der Waals surface area contributed by atoms with E-state index in [0.717, 1.165) is 28.6 Å². The molecule has 0 saturated carbocycles. The maximum Gasteiger partial charge on any atom is 0.256 e. The molecule has 0 aromatic heterocycles. The molecule has 1 aromatic carbocycles. The average Bonchev–Trinajstić information content (AvgIpc) is 2.61. The van der Waals surface area contributed by atoms with Crippen molar-refractivity contribution in [2.75, 3.05) is 10.8 Å². The molecular formula is C11H13NO2S. The van der Waals surface area contributed by atoms with Crippen molar-refractivity contribution in [2.45, 2.75) is 13.3 Å². The number of rotatable bonds is 2. The zero-order chi connectivity index (χ0) is 11.1. The highest BCUT2D eigenvalue weighted by molar-refractivity contribution is 7.95. The zero-order valence-corrected chi connectivity index (χ0v) is 9.42. The fourth-order valence-corrected chi connectivity index (χ4v) is 2.78. The largest absolute Gasteiger partial charge is 0.266 e. The van der Waals surface area contributed by atoms with Crippen molar-refractivity contribution < 1.29 is 8.42 Å². The normalized spacial score (nSPS) is 15.1. The average molecular weight is 223 g/mol. The summed E-state index contributed by atoms with van der Waals surface area (Å²) >= 11 is 0. The molecule has 0 spiro atoms. The summed E-state index contributed by atoms with van der Waals surface area (Å²) in [5.41, 5.74) is 2.96. The van der Waals surface area contributed by atoms with Crippen LogP contribution in [0.3, 0.4) is 0 Å². The summed E-state index contributed by atoms with van der Waals surface area (Å²) in [6, 6.07) is 5.90. The number of fused-ring (bicyclic) bond motifs is 1. The highest BCUT2D eigenvalue weighted by atomic mass is 32.2. The number of hydrogen-bond donors (Lipinski definition) is 0. The van der Waals surface area contributed by atoms with Gasteiger partial charge in [-0.25, -0.2) is 8.42 Å². The molecule has 0 amide bonds. The Kier molecular flexibility index (Phi) is 2.31. The van der Waals surface area contributed by atoms with Gasteiger partial charge in [0.1, 0.15) is 0 Å². The van der Waals surface area contributed by atoms with Crippen molar-refractivity contribution >= 4 is 15.7 Å². The number of aryl methyl sites for hydroxylation is 1. The van der Waals surface area contributed by atoms with Crippen LogP contribution in [-0.4, -0.2) is 15.0 Å². The smallest absolute Gasteiger partial charge is 0.256 e. The van der Waals surface area contributed by atoms with Crippen LogP contribution < -0.4 is 4.31 Å². The van der Waals surface area contributed by atoms with E-state index in [9.17, 15) is 8.42 Å². The quantitative estimate of drug-likeness (QED) is 0.767. The van der Waals surface area contributed by atoms with Gasteiger partial charge < -0.3 is 0 Å². The molecule has 0 radical (unpaired) electrons. The van der Waals surface area contributed by atoms with E-state index in [1.54, 1.807) is 0 Å². The molecule has 0 aliphatic carbocycles. The van der Waals surface area contributed by atoms with Crippen molar-refractivity contribution in [3.05, 3.63) is 41.3 Å². The molecule has 0 saturated heterocycles. The van der Waals surface area contributed by atoms with Crippen molar-refractivity contribution in [3.63, 3.8) is 0 Å². The molecule has 2 rings (SSSR count). The Labute approximate surface area is 90.1 Å². The van der Waals surface area contributed by atoms with Crippen LogP contribution in [-0.2, 0) is 16.4 Å². The van der Waals surface area contributed by atoms with Gasteiger partial charge in [-0.2, -0.15) is 0 Å².